The summed E-state index contributed by atoms with van der Waals surface area (Å²) in [6.07, 6.45) is 0.740. The molecule has 4 rings (SSSR count). The van der Waals surface area contributed by atoms with Gasteiger partial charge in [-0.2, -0.15) is 0 Å². The van der Waals surface area contributed by atoms with Crippen LogP contribution in [-0.4, -0.2) is 24.7 Å². The fourth-order valence-electron chi connectivity index (χ4n) is 3.88. The fraction of sp³-hybridized carbons (Fsp3) is 0.278. The normalized spacial score (nSPS) is 25.4. The Hall–Kier alpha value is -2.53. The second kappa shape index (κ2) is 4.99. The van der Waals surface area contributed by atoms with Gasteiger partial charge in [-0.25, -0.2) is 0 Å². The molecule has 0 unspecified atom stereocenters. The summed E-state index contributed by atoms with van der Waals surface area (Å²) < 4.78 is 5.21. The van der Waals surface area contributed by atoms with Crippen molar-refractivity contribution >= 4 is 11.6 Å². The predicted octanol–water partition coefficient (Wildman–Crippen LogP) is 2.33. The third-order valence-corrected chi connectivity index (χ3v) is 4.96. The molecule has 3 N–H and O–H groups in total. The van der Waals surface area contributed by atoms with Gasteiger partial charge in [0.05, 0.1) is 18.6 Å². The van der Waals surface area contributed by atoms with Crippen LogP contribution in [0.3, 0.4) is 0 Å². The third-order valence-electron chi connectivity index (χ3n) is 4.96. The monoisotopic (exact) mass is 310 g/mol. The van der Waals surface area contributed by atoms with E-state index in [0.29, 0.717) is 5.75 Å². The number of anilines is 1. The Morgan fingerprint density at radius 1 is 1.26 bits per heavy atom. The van der Waals surface area contributed by atoms with Crippen LogP contribution in [0, 0.1) is 0 Å². The molecule has 2 aromatic rings. The van der Waals surface area contributed by atoms with Crippen molar-refractivity contribution in [2.24, 2.45) is 0 Å². The van der Waals surface area contributed by atoms with Crippen LogP contribution in [0.1, 0.15) is 23.6 Å². The summed E-state index contributed by atoms with van der Waals surface area (Å²) in [7, 11) is 1.52. The first kappa shape index (κ1) is 14.1. The molecule has 118 valence electrons. The van der Waals surface area contributed by atoms with E-state index in [0.717, 1.165) is 29.8 Å². The van der Waals surface area contributed by atoms with Crippen molar-refractivity contribution in [3.8, 4) is 11.5 Å². The molecular weight excluding hydrogens is 292 g/mol. The number of fused-ring (bicyclic) bond motifs is 2. The summed E-state index contributed by atoms with van der Waals surface area (Å²) >= 11 is 0. The summed E-state index contributed by atoms with van der Waals surface area (Å²) in [5.74, 6) is 0.540. The van der Waals surface area contributed by atoms with Crippen molar-refractivity contribution in [1.29, 1.82) is 0 Å². The minimum Gasteiger partial charge on any atom is -0.504 e. The van der Waals surface area contributed by atoms with Gasteiger partial charge in [0, 0.05) is 5.69 Å². The first-order chi connectivity index (χ1) is 11.2. The zero-order valence-electron chi connectivity index (χ0n) is 12.8. The molecule has 5 heteroatoms. The van der Waals surface area contributed by atoms with Crippen molar-refractivity contribution in [1.82, 2.24) is 5.32 Å². The van der Waals surface area contributed by atoms with Crippen molar-refractivity contribution in [3.63, 3.8) is 0 Å². The van der Waals surface area contributed by atoms with E-state index in [4.69, 9.17) is 4.74 Å². The van der Waals surface area contributed by atoms with E-state index in [1.807, 2.05) is 30.3 Å². The van der Waals surface area contributed by atoms with Crippen molar-refractivity contribution in [2.75, 3.05) is 19.0 Å². The molecule has 0 saturated carbocycles. The lowest BCUT2D eigenvalue weighted by Crippen LogP contribution is -2.39. The highest BCUT2D eigenvalue weighted by Gasteiger charge is 2.55. The molecule has 0 aromatic heterocycles. The summed E-state index contributed by atoms with van der Waals surface area (Å²) in [6, 6.07) is 13.0. The van der Waals surface area contributed by atoms with E-state index < -0.39 is 5.41 Å². The van der Waals surface area contributed by atoms with Gasteiger partial charge in [-0.3, -0.25) is 4.79 Å². The molecule has 0 bridgehead atoms. The molecule has 5 nitrogen and oxygen atoms in total. The fourth-order valence-corrected chi connectivity index (χ4v) is 3.88. The average molecular weight is 310 g/mol. The van der Waals surface area contributed by atoms with Crippen LogP contribution in [0.2, 0.25) is 0 Å². The summed E-state index contributed by atoms with van der Waals surface area (Å²) in [4.78, 5) is 12.8. The van der Waals surface area contributed by atoms with Crippen molar-refractivity contribution < 1.29 is 14.6 Å². The number of nitrogens with one attached hydrogen (secondary N) is 2. The van der Waals surface area contributed by atoms with Gasteiger partial charge in [-0.1, -0.05) is 24.3 Å². The maximum absolute atomic E-state index is 12.8. The molecule has 2 heterocycles. The number of hydrogen-bond acceptors (Lipinski definition) is 4. The van der Waals surface area contributed by atoms with E-state index in [9.17, 15) is 9.90 Å². The van der Waals surface area contributed by atoms with Gasteiger partial charge in [0.2, 0.25) is 5.91 Å². The highest BCUT2D eigenvalue weighted by Crippen LogP contribution is 2.51. The van der Waals surface area contributed by atoms with Gasteiger partial charge in [0.1, 0.15) is 0 Å². The number of phenols is 1. The molecular formula is C18H18N2O3. The number of carbonyl (C=O) groups is 1. The number of aromatic hydroxyl groups is 1. The molecule has 1 amide bonds. The summed E-state index contributed by atoms with van der Waals surface area (Å²) in [5, 5.41) is 16.3. The molecule has 0 radical (unpaired) electrons. The topological polar surface area (TPSA) is 70.6 Å². The van der Waals surface area contributed by atoms with Gasteiger partial charge in [-0.05, 0) is 42.3 Å². The van der Waals surface area contributed by atoms with Crippen LogP contribution < -0.4 is 15.4 Å². The van der Waals surface area contributed by atoms with Crippen molar-refractivity contribution in [3.05, 3.63) is 53.6 Å². The maximum Gasteiger partial charge on any atom is 0.237 e. The van der Waals surface area contributed by atoms with Crippen molar-refractivity contribution in [2.45, 2.75) is 17.9 Å². The Bertz CT molecular complexity index is 790. The van der Waals surface area contributed by atoms with E-state index in [1.54, 1.807) is 12.1 Å². The molecule has 2 aromatic carbocycles. The molecule has 2 aliphatic rings. The third kappa shape index (κ3) is 1.86. The van der Waals surface area contributed by atoms with Crippen LogP contribution >= 0.6 is 0 Å². The molecule has 2 aliphatic heterocycles. The summed E-state index contributed by atoms with van der Waals surface area (Å²) in [5.41, 5.74) is 2.24. The number of phenolic OH excluding ortho intramolecular Hbond substituents is 1. The second-order valence-corrected chi connectivity index (χ2v) is 6.04. The lowest BCUT2D eigenvalue weighted by Gasteiger charge is -2.29. The predicted molar refractivity (Wildman–Crippen MR) is 86.8 cm³/mol. The van der Waals surface area contributed by atoms with E-state index in [1.165, 1.54) is 7.11 Å². The Kier molecular flexibility index (Phi) is 3.06. The maximum atomic E-state index is 12.8. The minimum absolute atomic E-state index is 0.0285. The standard InChI is InChI=1S/C18H18N2O3/c1-23-15-10-11(6-7-14(15)21)16-18(8-9-19-16)12-4-2-3-5-13(12)20-17(18)22/h2-7,10,16,19,21H,8-9H2,1H3,(H,20,22)/t16-,18+/m1/s1. The molecule has 1 saturated heterocycles. The van der Waals surface area contributed by atoms with Crippen LogP contribution in [-0.2, 0) is 10.2 Å². The van der Waals surface area contributed by atoms with E-state index in [-0.39, 0.29) is 17.7 Å². The van der Waals surface area contributed by atoms with Crippen LogP contribution in [0.4, 0.5) is 5.69 Å². The highest BCUT2D eigenvalue weighted by atomic mass is 16.5. The zero-order valence-corrected chi connectivity index (χ0v) is 12.8. The van der Waals surface area contributed by atoms with Crippen LogP contribution in [0.5, 0.6) is 11.5 Å². The van der Waals surface area contributed by atoms with E-state index in [2.05, 4.69) is 10.6 Å². The Morgan fingerprint density at radius 2 is 2.09 bits per heavy atom. The number of amides is 1. The lowest BCUT2D eigenvalue weighted by atomic mass is 9.73. The molecule has 0 aliphatic carbocycles. The van der Waals surface area contributed by atoms with Gasteiger partial charge in [-0.15, -0.1) is 0 Å². The number of methoxy groups -OCH3 is 1. The lowest BCUT2D eigenvalue weighted by molar-refractivity contribution is -0.121. The first-order valence-electron chi connectivity index (χ1n) is 7.68. The summed E-state index contributed by atoms with van der Waals surface area (Å²) in [6.45, 7) is 0.760. The molecule has 2 atom stereocenters. The second-order valence-electron chi connectivity index (χ2n) is 6.04. The van der Waals surface area contributed by atoms with Gasteiger partial charge < -0.3 is 20.5 Å². The minimum atomic E-state index is -0.613. The number of hydrogen-bond donors (Lipinski definition) is 3. The number of carbonyl (C=O) groups excluding carboxylic acids is 1. The van der Waals surface area contributed by atoms with Gasteiger partial charge in [0.15, 0.2) is 11.5 Å². The van der Waals surface area contributed by atoms with Gasteiger partial charge >= 0.3 is 0 Å². The quantitative estimate of drug-likeness (QED) is 0.796. The number of para-hydroxylation sites is 1. The van der Waals surface area contributed by atoms with Crippen LogP contribution in [0.25, 0.3) is 0 Å². The number of ether oxygens (including phenoxy) is 1. The SMILES string of the molecule is COc1cc([C@H]2NCC[C@@]23C(=O)Nc2ccccc23)ccc1O. The average Bonchev–Trinajstić information content (AvgIpc) is 3.12. The molecule has 1 spiro atoms. The highest BCUT2D eigenvalue weighted by molar-refractivity contribution is 6.07. The zero-order chi connectivity index (χ0) is 16.0. The molecule has 1 fully saturated rings. The largest absolute Gasteiger partial charge is 0.504 e. The number of rotatable bonds is 2. The first-order valence-corrected chi connectivity index (χ1v) is 7.68. The Balaban J connectivity index is 1.85. The molecule has 23 heavy (non-hydrogen) atoms. The smallest absolute Gasteiger partial charge is 0.237 e. The van der Waals surface area contributed by atoms with Gasteiger partial charge in [0.25, 0.3) is 0 Å². The van der Waals surface area contributed by atoms with Crippen LogP contribution in [0.15, 0.2) is 42.5 Å². The van der Waals surface area contributed by atoms with E-state index >= 15 is 0 Å². The Morgan fingerprint density at radius 3 is 2.91 bits per heavy atom. The number of benzene rings is 2. The Labute approximate surface area is 134 Å².